The molecule has 0 saturated carbocycles. The maximum atomic E-state index is 10.1. The van der Waals surface area contributed by atoms with Crippen molar-refractivity contribution in [1.82, 2.24) is 4.57 Å². The second kappa shape index (κ2) is 3.96. The number of hydrogen-bond acceptors (Lipinski definition) is 1. The first kappa shape index (κ1) is 8.05. The third kappa shape index (κ3) is 2.22. The Morgan fingerprint density at radius 2 is 2.09 bits per heavy atom. The minimum absolute atomic E-state index is 0.440. The summed E-state index contributed by atoms with van der Waals surface area (Å²) in [6.45, 7) is 2.11. The Labute approximate surface area is 66.8 Å². The van der Waals surface area contributed by atoms with E-state index in [2.05, 4.69) is 11.5 Å². The van der Waals surface area contributed by atoms with Crippen molar-refractivity contribution in [3.8, 4) is 0 Å². The van der Waals surface area contributed by atoms with Gasteiger partial charge in [0.05, 0.1) is 0 Å². The molecule has 11 heavy (non-hydrogen) atoms. The second-order valence-corrected chi connectivity index (χ2v) is 2.72. The molecule has 0 N–H and O–H groups in total. The highest BCUT2D eigenvalue weighted by Crippen LogP contribution is 2.11. The van der Waals surface area contributed by atoms with Crippen molar-refractivity contribution in [2.45, 2.75) is 25.8 Å². The second-order valence-electron chi connectivity index (χ2n) is 2.72. The minimum Gasteiger partial charge on any atom is -0.352 e. The van der Waals surface area contributed by atoms with Gasteiger partial charge in [0, 0.05) is 24.9 Å². The molecule has 0 aliphatic rings. The summed E-state index contributed by atoms with van der Waals surface area (Å²) in [5.41, 5.74) is 0. The summed E-state index contributed by atoms with van der Waals surface area (Å²) in [4.78, 5) is 10.1. The lowest BCUT2D eigenvalue weighted by Crippen LogP contribution is -2.01. The first-order chi connectivity index (χ1) is 5.34. The highest BCUT2D eigenvalue weighted by Gasteiger charge is 2.00. The van der Waals surface area contributed by atoms with E-state index in [1.165, 1.54) is 0 Å². The summed E-state index contributed by atoms with van der Waals surface area (Å²) in [6.07, 6.45) is 6.60. The van der Waals surface area contributed by atoms with Crippen LogP contribution in [0.3, 0.4) is 0 Å². The molecular formula is C9H13NO. The first-order valence-corrected chi connectivity index (χ1v) is 3.90. The fourth-order valence-corrected chi connectivity index (χ4v) is 1.10. The average Bonchev–Trinajstić information content (AvgIpc) is 2.52. The highest BCUT2D eigenvalue weighted by molar-refractivity contribution is 5.49. The van der Waals surface area contributed by atoms with Gasteiger partial charge in [-0.15, -0.1) is 0 Å². The maximum Gasteiger partial charge on any atom is 0.120 e. The van der Waals surface area contributed by atoms with Gasteiger partial charge in [0.15, 0.2) is 0 Å². The van der Waals surface area contributed by atoms with E-state index in [1.54, 1.807) is 0 Å². The maximum absolute atomic E-state index is 10.1. The van der Waals surface area contributed by atoms with Crippen LogP contribution in [0.25, 0.3) is 0 Å². The van der Waals surface area contributed by atoms with Gasteiger partial charge in [-0.05, 0) is 25.5 Å². The molecule has 1 aromatic rings. The summed E-state index contributed by atoms with van der Waals surface area (Å²) >= 11 is 0. The topological polar surface area (TPSA) is 22.0 Å². The van der Waals surface area contributed by atoms with Gasteiger partial charge in [0.2, 0.25) is 0 Å². The van der Waals surface area contributed by atoms with E-state index in [0.29, 0.717) is 12.5 Å². The zero-order valence-corrected chi connectivity index (χ0v) is 6.73. The van der Waals surface area contributed by atoms with Crippen LogP contribution in [0.1, 0.15) is 25.8 Å². The molecular weight excluding hydrogens is 138 g/mol. The SMILES string of the molecule is CC(CCC=O)n1cccc1. The largest absolute Gasteiger partial charge is 0.352 e. The van der Waals surface area contributed by atoms with Gasteiger partial charge in [-0.25, -0.2) is 0 Å². The molecule has 0 radical (unpaired) electrons. The summed E-state index contributed by atoms with van der Waals surface area (Å²) in [5, 5.41) is 0. The Balaban J connectivity index is 2.42. The van der Waals surface area contributed by atoms with E-state index in [0.717, 1.165) is 12.7 Å². The molecule has 0 fully saturated rings. The normalized spacial score (nSPS) is 12.8. The monoisotopic (exact) mass is 151 g/mol. The van der Waals surface area contributed by atoms with Crippen molar-refractivity contribution in [2.75, 3.05) is 0 Å². The van der Waals surface area contributed by atoms with Crippen LogP contribution in [0.5, 0.6) is 0 Å². The molecule has 0 spiro atoms. The van der Waals surface area contributed by atoms with Gasteiger partial charge in [-0.3, -0.25) is 0 Å². The molecule has 0 bridgehead atoms. The van der Waals surface area contributed by atoms with Crippen LogP contribution in [0.15, 0.2) is 24.5 Å². The van der Waals surface area contributed by atoms with Crippen molar-refractivity contribution in [3.05, 3.63) is 24.5 Å². The zero-order chi connectivity index (χ0) is 8.10. The van der Waals surface area contributed by atoms with Crippen LogP contribution >= 0.6 is 0 Å². The summed E-state index contributed by atoms with van der Waals surface area (Å²) in [5.74, 6) is 0. The van der Waals surface area contributed by atoms with E-state index in [-0.39, 0.29) is 0 Å². The molecule has 2 nitrogen and oxygen atoms in total. The summed E-state index contributed by atoms with van der Waals surface area (Å²) < 4.78 is 2.11. The predicted octanol–water partition coefficient (Wildman–Crippen LogP) is 2.03. The molecule has 0 aromatic carbocycles. The molecule has 0 aliphatic heterocycles. The van der Waals surface area contributed by atoms with Gasteiger partial charge >= 0.3 is 0 Å². The molecule has 1 atom stereocenters. The number of rotatable bonds is 4. The average molecular weight is 151 g/mol. The smallest absolute Gasteiger partial charge is 0.120 e. The lowest BCUT2D eigenvalue weighted by molar-refractivity contribution is -0.108. The number of hydrogen-bond donors (Lipinski definition) is 0. The minimum atomic E-state index is 0.440. The quantitative estimate of drug-likeness (QED) is 0.603. The molecule has 1 rings (SSSR count). The zero-order valence-electron chi connectivity index (χ0n) is 6.73. The molecule has 1 unspecified atom stereocenters. The van der Waals surface area contributed by atoms with Crippen molar-refractivity contribution >= 4 is 6.29 Å². The Morgan fingerprint density at radius 1 is 1.45 bits per heavy atom. The molecule has 0 aliphatic carbocycles. The number of aldehydes is 1. The standard InChI is InChI=1S/C9H13NO/c1-9(5-4-8-11)10-6-2-3-7-10/h2-3,6-9H,4-5H2,1H3. The van der Waals surface area contributed by atoms with E-state index < -0.39 is 0 Å². The Bertz CT molecular complexity index is 203. The lowest BCUT2D eigenvalue weighted by atomic mass is 10.2. The fraction of sp³-hybridized carbons (Fsp3) is 0.444. The molecule has 2 heteroatoms. The van der Waals surface area contributed by atoms with Crippen LogP contribution < -0.4 is 0 Å². The van der Waals surface area contributed by atoms with Gasteiger partial charge in [0.1, 0.15) is 6.29 Å². The summed E-state index contributed by atoms with van der Waals surface area (Å²) in [7, 11) is 0. The summed E-state index contributed by atoms with van der Waals surface area (Å²) in [6, 6.07) is 4.43. The van der Waals surface area contributed by atoms with Gasteiger partial charge < -0.3 is 9.36 Å². The van der Waals surface area contributed by atoms with Crippen molar-refractivity contribution in [1.29, 1.82) is 0 Å². The molecule has 1 aromatic heterocycles. The molecule has 60 valence electrons. The van der Waals surface area contributed by atoms with Crippen LogP contribution in [-0.4, -0.2) is 10.9 Å². The Kier molecular flexibility index (Phi) is 2.90. The van der Waals surface area contributed by atoms with Crippen molar-refractivity contribution < 1.29 is 4.79 Å². The van der Waals surface area contributed by atoms with Crippen LogP contribution in [0.4, 0.5) is 0 Å². The molecule has 0 saturated heterocycles. The number of carbonyl (C=O) groups is 1. The highest BCUT2D eigenvalue weighted by atomic mass is 16.1. The van der Waals surface area contributed by atoms with Crippen LogP contribution in [-0.2, 0) is 4.79 Å². The molecule has 1 heterocycles. The van der Waals surface area contributed by atoms with Crippen LogP contribution in [0.2, 0.25) is 0 Å². The molecule has 0 amide bonds. The van der Waals surface area contributed by atoms with E-state index in [9.17, 15) is 4.79 Å². The third-order valence-electron chi connectivity index (χ3n) is 1.84. The Hall–Kier alpha value is -1.05. The number of nitrogens with zero attached hydrogens (tertiary/aromatic N) is 1. The number of aromatic nitrogens is 1. The van der Waals surface area contributed by atoms with Crippen molar-refractivity contribution in [2.24, 2.45) is 0 Å². The van der Waals surface area contributed by atoms with Gasteiger partial charge in [-0.1, -0.05) is 0 Å². The number of carbonyl (C=O) groups excluding carboxylic acids is 1. The van der Waals surface area contributed by atoms with Gasteiger partial charge in [0.25, 0.3) is 0 Å². The van der Waals surface area contributed by atoms with E-state index in [1.807, 2.05) is 24.5 Å². The van der Waals surface area contributed by atoms with Gasteiger partial charge in [-0.2, -0.15) is 0 Å². The van der Waals surface area contributed by atoms with E-state index >= 15 is 0 Å². The third-order valence-corrected chi connectivity index (χ3v) is 1.84. The Morgan fingerprint density at radius 3 is 2.64 bits per heavy atom. The first-order valence-electron chi connectivity index (χ1n) is 3.90. The van der Waals surface area contributed by atoms with Crippen molar-refractivity contribution in [3.63, 3.8) is 0 Å². The fourth-order valence-electron chi connectivity index (χ4n) is 1.10. The van der Waals surface area contributed by atoms with Crippen LogP contribution in [0, 0.1) is 0 Å². The lowest BCUT2D eigenvalue weighted by Gasteiger charge is -2.10. The predicted molar refractivity (Wildman–Crippen MR) is 44.4 cm³/mol. The van der Waals surface area contributed by atoms with E-state index in [4.69, 9.17) is 0 Å².